The van der Waals surface area contributed by atoms with Crippen molar-refractivity contribution in [1.29, 1.82) is 0 Å². The van der Waals surface area contributed by atoms with Crippen LogP contribution < -0.4 is 5.43 Å². The van der Waals surface area contributed by atoms with Gasteiger partial charge in [-0.25, -0.2) is 5.43 Å². The van der Waals surface area contributed by atoms with Crippen molar-refractivity contribution in [3.05, 3.63) is 0 Å². The first kappa shape index (κ1) is 9.52. The lowest BCUT2D eigenvalue weighted by atomic mass is 9.79. The molecule has 2 unspecified atom stereocenters. The number of rotatable bonds is 0. The molecule has 2 rings (SSSR count). The summed E-state index contributed by atoms with van der Waals surface area (Å²) in [4.78, 5) is 11.2. The fraction of sp³-hybridized carbons (Fsp3) is 0.750. The molecule has 68 valence electrons. The van der Waals surface area contributed by atoms with Gasteiger partial charge in [-0.15, -0.1) is 12.4 Å². The molecule has 0 radical (unpaired) electrons. The SMILES string of the molecule is Cl.O=C1NN=CC2CCCCC12. The lowest BCUT2D eigenvalue weighted by Crippen LogP contribution is -2.39. The predicted octanol–water partition coefficient (Wildman–Crippen LogP) is 1.33. The molecule has 0 saturated heterocycles. The van der Waals surface area contributed by atoms with E-state index in [1.165, 1.54) is 12.8 Å². The van der Waals surface area contributed by atoms with Crippen molar-refractivity contribution in [3.8, 4) is 0 Å². The van der Waals surface area contributed by atoms with Crippen LogP contribution in [0.2, 0.25) is 0 Å². The average molecular weight is 189 g/mol. The van der Waals surface area contributed by atoms with Crippen LogP contribution >= 0.6 is 12.4 Å². The summed E-state index contributed by atoms with van der Waals surface area (Å²) in [6.07, 6.45) is 6.53. The van der Waals surface area contributed by atoms with Crippen molar-refractivity contribution < 1.29 is 4.79 Å². The van der Waals surface area contributed by atoms with Crippen molar-refractivity contribution in [1.82, 2.24) is 5.43 Å². The molecule has 0 bridgehead atoms. The molecule has 1 aliphatic carbocycles. The minimum atomic E-state index is 0. The van der Waals surface area contributed by atoms with Crippen molar-refractivity contribution in [3.63, 3.8) is 0 Å². The van der Waals surface area contributed by atoms with Crippen LogP contribution in [0, 0.1) is 11.8 Å². The second-order valence-corrected chi connectivity index (χ2v) is 3.31. The third-order valence-electron chi connectivity index (χ3n) is 2.60. The van der Waals surface area contributed by atoms with Gasteiger partial charge in [0.1, 0.15) is 0 Å². The van der Waals surface area contributed by atoms with E-state index in [1.54, 1.807) is 0 Å². The molecule has 0 aromatic heterocycles. The first-order valence-corrected chi connectivity index (χ1v) is 4.21. The molecule has 1 saturated carbocycles. The van der Waals surface area contributed by atoms with E-state index >= 15 is 0 Å². The molecular formula is C8H13ClN2O. The molecule has 1 fully saturated rings. The van der Waals surface area contributed by atoms with Gasteiger partial charge in [0.25, 0.3) is 0 Å². The summed E-state index contributed by atoms with van der Waals surface area (Å²) in [5.74, 6) is 0.774. The Balaban J connectivity index is 0.000000720. The third kappa shape index (κ3) is 1.61. The largest absolute Gasteiger partial charge is 0.273 e. The van der Waals surface area contributed by atoms with Gasteiger partial charge < -0.3 is 0 Å². The van der Waals surface area contributed by atoms with E-state index in [-0.39, 0.29) is 24.2 Å². The zero-order valence-electron chi connectivity index (χ0n) is 6.82. The maximum atomic E-state index is 11.2. The second kappa shape index (κ2) is 3.90. The highest BCUT2D eigenvalue weighted by atomic mass is 35.5. The van der Waals surface area contributed by atoms with Crippen LogP contribution in [-0.4, -0.2) is 12.1 Å². The van der Waals surface area contributed by atoms with Crippen molar-refractivity contribution in [2.75, 3.05) is 0 Å². The van der Waals surface area contributed by atoms with Gasteiger partial charge in [-0.2, -0.15) is 5.10 Å². The first-order chi connectivity index (χ1) is 5.38. The molecular weight excluding hydrogens is 176 g/mol. The Hall–Kier alpha value is -0.570. The van der Waals surface area contributed by atoms with Crippen LogP contribution in [0.4, 0.5) is 0 Å². The molecule has 1 amide bonds. The molecule has 3 nitrogen and oxygen atoms in total. The van der Waals surface area contributed by atoms with Gasteiger partial charge >= 0.3 is 0 Å². The number of hydrogen-bond acceptors (Lipinski definition) is 2. The van der Waals surface area contributed by atoms with Gasteiger partial charge in [-0.05, 0) is 12.8 Å². The maximum absolute atomic E-state index is 11.2. The molecule has 2 aliphatic rings. The van der Waals surface area contributed by atoms with Crippen molar-refractivity contribution in [2.45, 2.75) is 25.7 Å². The monoisotopic (exact) mass is 188 g/mol. The predicted molar refractivity (Wildman–Crippen MR) is 49.3 cm³/mol. The van der Waals surface area contributed by atoms with Crippen molar-refractivity contribution in [2.24, 2.45) is 16.9 Å². The summed E-state index contributed by atoms with van der Waals surface area (Å²) in [5, 5.41) is 3.82. The van der Waals surface area contributed by atoms with Gasteiger partial charge in [0, 0.05) is 18.1 Å². The van der Waals surface area contributed by atoms with E-state index in [0.717, 1.165) is 12.8 Å². The molecule has 2 atom stereocenters. The Bertz CT molecular complexity index is 205. The first-order valence-electron chi connectivity index (χ1n) is 4.21. The molecule has 4 heteroatoms. The summed E-state index contributed by atoms with van der Waals surface area (Å²) >= 11 is 0. The molecule has 1 aliphatic heterocycles. The zero-order chi connectivity index (χ0) is 7.68. The number of carbonyl (C=O) groups is 1. The highest BCUT2D eigenvalue weighted by Gasteiger charge is 2.31. The number of carbonyl (C=O) groups excluding carboxylic acids is 1. The summed E-state index contributed by atoms with van der Waals surface area (Å²) < 4.78 is 0. The smallest absolute Gasteiger partial charge is 0.243 e. The fourth-order valence-electron chi connectivity index (χ4n) is 1.94. The molecule has 1 N–H and O–H groups in total. The van der Waals surface area contributed by atoms with E-state index in [4.69, 9.17) is 0 Å². The normalized spacial score (nSPS) is 33.2. The molecule has 1 heterocycles. The summed E-state index contributed by atoms with van der Waals surface area (Å²) in [5.41, 5.74) is 2.51. The molecule has 12 heavy (non-hydrogen) atoms. The zero-order valence-corrected chi connectivity index (χ0v) is 7.64. The maximum Gasteiger partial charge on any atom is 0.243 e. The van der Waals surface area contributed by atoms with Crippen LogP contribution in [0.15, 0.2) is 5.10 Å². The Kier molecular flexibility index (Phi) is 3.09. The van der Waals surface area contributed by atoms with Crippen LogP contribution in [0.3, 0.4) is 0 Å². The lowest BCUT2D eigenvalue weighted by molar-refractivity contribution is -0.127. The van der Waals surface area contributed by atoms with Gasteiger partial charge in [0.2, 0.25) is 5.91 Å². The standard InChI is InChI=1S/C8H12N2O.ClH/c11-8-7-4-2-1-3-6(7)5-9-10-8;/h5-7H,1-4H2,(H,10,11);1H. The van der Waals surface area contributed by atoms with Gasteiger partial charge in [-0.3, -0.25) is 4.79 Å². The highest BCUT2D eigenvalue weighted by molar-refractivity contribution is 5.86. The molecule has 0 aromatic carbocycles. The van der Waals surface area contributed by atoms with Crippen LogP contribution in [0.25, 0.3) is 0 Å². The van der Waals surface area contributed by atoms with E-state index in [1.807, 2.05) is 6.21 Å². The van der Waals surface area contributed by atoms with Gasteiger partial charge in [0.15, 0.2) is 0 Å². The number of halogens is 1. The quantitative estimate of drug-likeness (QED) is 0.612. The summed E-state index contributed by atoms with van der Waals surface area (Å²) in [7, 11) is 0. The minimum absolute atomic E-state index is 0. The minimum Gasteiger partial charge on any atom is -0.273 e. The van der Waals surface area contributed by atoms with E-state index < -0.39 is 0 Å². The Morgan fingerprint density at radius 2 is 2.17 bits per heavy atom. The van der Waals surface area contributed by atoms with E-state index in [0.29, 0.717) is 5.92 Å². The number of nitrogens with zero attached hydrogens (tertiary/aromatic N) is 1. The van der Waals surface area contributed by atoms with Crippen LogP contribution in [0.5, 0.6) is 0 Å². The summed E-state index contributed by atoms with van der Waals surface area (Å²) in [6.45, 7) is 0. The number of fused-ring (bicyclic) bond motifs is 1. The van der Waals surface area contributed by atoms with E-state index in [2.05, 4.69) is 10.5 Å². The molecule has 0 spiro atoms. The van der Waals surface area contributed by atoms with Gasteiger partial charge in [0.05, 0.1) is 0 Å². The lowest BCUT2D eigenvalue weighted by Gasteiger charge is -2.29. The number of hydrazone groups is 1. The average Bonchev–Trinajstić information content (AvgIpc) is 2.06. The van der Waals surface area contributed by atoms with E-state index in [9.17, 15) is 4.79 Å². The Morgan fingerprint density at radius 3 is 2.92 bits per heavy atom. The number of amides is 1. The second-order valence-electron chi connectivity index (χ2n) is 3.31. The Labute approximate surface area is 78.0 Å². The highest BCUT2D eigenvalue weighted by Crippen LogP contribution is 2.30. The van der Waals surface area contributed by atoms with Crippen molar-refractivity contribution >= 4 is 24.5 Å². The fourth-order valence-corrected chi connectivity index (χ4v) is 1.94. The molecule has 0 aromatic rings. The summed E-state index contributed by atoms with van der Waals surface area (Å²) in [6, 6.07) is 0. The number of hydrogen-bond donors (Lipinski definition) is 1. The third-order valence-corrected chi connectivity index (χ3v) is 2.60. The topological polar surface area (TPSA) is 41.5 Å². The Morgan fingerprint density at radius 1 is 1.42 bits per heavy atom. The van der Waals surface area contributed by atoms with Crippen LogP contribution in [-0.2, 0) is 4.79 Å². The van der Waals surface area contributed by atoms with Gasteiger partial charge in [-0.1, -0.05) is 12.8 Å². The van der Waals surface area contributed by atoms with Crippen LogP contribution in [0.1, 0.15) is 25.7 Å². The number of nitrogens with one attached hydrogen (secondary N) is 1.